The molecule has 0 bridgehead atoms. The minimum Gasteiger partial charge on any atom is -0.457 e. The second kappa shape index (κ2) is 13.3. The molecule has 1 aliphatic heterocycles. The van der Waals surface area contributed by atoms with Crippen molar-refractivity contribution < 1.29 is 4.74 Å². The van der Waals surface area contributed by atoms with Crippen LogP contribution in [0.2, 0.25) is 0 Å². The number of benzene rings is 7. The van der Waals surface area contributed by atoms with Gasteiger partial charge in [0, 0.05) is 17.2 Å². The molecule has 1 unspecified atom stereocenters. The highest BCUT2D eigenvalue weighted by Crippen LogP contribution is 2.55. The highest BCUT2D eigenvalue weighted by molar-refractivity contribution is 6.07. The fourth-order valence-corrected chi connectivity index (χ4v) is 7.22. The molecule has 50 heavy (non-hydrogen) atoms. The summed E-state index contributed by atoms with van der Waals surface area (Å²) in [5.74, 6) is 1.70. The molecule has 8 rings (SSSR count). The van der Waals surface area contributed by atoms with Crippen LogP contribution in [0.5, 0.6) is 11.5 Å². The molecule has 0 spiro atoms. The van der Waals surface area contributed by atoms with Gasteiger partial charge in [0.15, 0.2) is 0 Å². The summed E-state index contributed by atoms with van der Waals surface area (Å²) >= 11 is 0. The van der Waals surface area contributed by atoms with Gasteiger partial charge in [-0.3, -0.25) is 0 Å². The monoisotopic (exact) mass is 644 g/mol. The molecule has 3 nitrogen and oxygen atoms in total. The summed E-state index contributed by atoms with van der Waals surface area (Å²) in [5.41, 5.74) is 17.0. The number of hydrogen-bond donors (Lipinski definition) is 2. The Morgan fingerprint density at radius 3 is 1.74 bits per heavy atom. The van der Waals surface area contributed by atoms with E-state index < -0.39 is 5.41 Å². The van der Waals surface area contributed by atoms with Crippen molar-refractivity contribution in [1.82, 2.24) is 0 Å². The van der Waals surface area contributed by atoms with Crippen LogP contribution < -0.4 is 10.5 Å². The number of rotatable bonds is 8. The predicted molar refractivity (Wildman–Crippen MR) is 205 cm³/mol. The van der Waals surface area contributed by atoms with Crippen molar-refractivity contribution in [2.75, 3.05) is 0 Å². The lowest BCUT2D eigenvalue weighted by molar-refractivity contribution is 0.435. The summed E-state index contributed by atoms with van der Waals surface area (Å²) in [6, 6.07) is 62.9. The van der Waals surface area contributed by atoms with Gasteiger partial charge in [-0.15, -0.1) is 0 Å². The molecule has 0 aliphatic carbocycles. The molecule has 7 aromatic carbocycles. The van der Waals surface area contributed by atoms with Crippen molar-refractivity contribution in [3.8, 4) is 33.8 Å². The highest BCUT2D eigenvalue weighted by atomic mass is 16.5. The topological polar surface area (TPSA) is 59.1 Å². The molecule has 0 saturated carbocycles. The van der Waals surface area contributed by atoms with Crippen LogP contribution in [-0.2, 0) is 5.41 Å². The van der Waals surface area contributed by atoms with Crippen molar-refractivity contribution in [2.45, 2.75) is 11.5 Å². The normalized spacial score (nSPS) is 13.5. The van der Waals surface area contributed by atoms with Gasteiger partial charge in [-0.25, -0.2) is 0 Å². The average Bonchev–Trinajstić information content (AvgIpc) is 3.19. The van der Waals surface area contributed by atoms with E-state index in [4.69, 9.17) is 15.9 Å². The maximum Gasteiger partial charge on any atom is 0.132 e. The Hall–Kier alpha value is -6.29. The molecule has 7 aromatic rings. The first-order valence-corrected chi connectivity index (χ1v) is 16.9. The molecular formula is C47H36N2O. The first-order chi connectivity index (χ1) is 24.6. The van der Waals surface area contributed by atoms with Crippen molar-refractivity contribution in [3.05, 3.63) is 228 Å². The van der Waals surface area contributed by atoms with Crippen LogP contribution in [0.4, 0.5) is 0 Å². The van der Waals surface area contributed by atoms with Gasteiger partial charge in [0.2, 0.25) is 0 Å². The third-order valence-electron chi connectivity index (χ3n) is 9.67. The number of allylic oxidation sites excluding steroid dienone is 1. The zero-order valence-corrected chi connectivity index (χ0v) is 27.5. The van der Waals surface area contributed by atoms with Gasteiger partial charge in [0.05, 0.1) is 11.1 Å². The number of nitrogens with one attached hydrogen (secondary N) is 1. The molecule has 0 amide bonds. The van der Waals surface area contributed by atoms with E-state index in [0.717, 1.165) is 56.0 Å². The van der Waals surface area contributed by atoms with Gasteiger partial charge >= 0.3 is 0 Å². The SMILES string of the molecule is N=C(/C=C\C(N)c1ccccc1)c1cccc(-c2cccc(-c3ccc4c(c3)Oc3ccccc3C4(c3ccccc3)c3ccccc3)c2)c1. The summed E-state index contributed by atoms with van der Waals surface area (Å²) < 4.78 is 6.72. The predicted octanol–water partition coefficient (Wildman–Crippen LogP) is 11.1. The van der Waals surface area contributed by atoms with Crippen LogP contribution in [0, 0.1) is 5.41 Å². The molecule has 1 heterocycles. The first-order valence-electron chi connectivity index (χ1n) is 16.9. The van der Waals surface area contributed by atoms with Gasteiger partial charge in [-0.2, -0.15) is 0 Å². The maximum absolute atomic E-state index is 8.76. The first kappa shape index (κ1) is 31.0. The van der Waals surface area contributed by atoms with Crippen molar-refractivity contribution in [2.24, 2.45) is 5.73 Å². The van der Waals surface area contributed by atoms with Crippen LogP contribution in [0.15, 0.2) is 194 Å². The van der Waals surface area contributed by atoms with E-state index in [9.17, 15) is 0 Å². The fraction of sp³-hybridized carbons (Fsp3) is 0.0426. The Kier molecular flexibility index (Phi) is 8.26. The van der Waals surface area contributed by atoms with E-state index in [1.807, 2.05) is 54.6 Å². The maximum atomic E-state index is 8.76. The number of ether oxygens (including phenoxy) is 1. The zero-order chi connectivity index (χ0) is 33.9. The fourth-order valence-electron chi connectivity index (χ4n) is 7.22. The molecular weight excluding hydrogens is 609 g/mol. The summed E-state index contributed by atoms with van der Waals surface area (Å²) in [5, 5.41) is 8.76. The second-order valence-corrected chi connectivity index (χ2v) is 12.7. The number of hydrogen-bond acceptors (Lipinski definition) is 3. The van der Waals surface area contributed by atoms with Crippen molar-refractivity contribution in [3.63, 3.8) is 0 Å². The van der Waals surface area contributed by atoms with E-state index in [0.29, 0.717) is 5.71 Å². The average molecular weight is 645 g/mol. The van der Waals surface area contributed by atoms with Gasteiger partial charge in [-0.05, 0) is 74.8 Å². The Bertz CT molecular complexity index is 2290. The summed E-state index contributed by atoms with van der Waals surface area (Å²) in [4.78, 5) is 0. The van der Waals surface area contributed by atoms with Crippen LogP contribution in [0.1, 0.15) is 39.4 Å². The smallest absolute Gasteiger partial charge is 0.132 e. The van der Waals surface area contributed by atoms with Gasteiger partial charge in [-0.1, -0.05) is 164 Å². The Morgan fingerprint density at radius 1 is 0.520 bits per heavy atom. The van der Waals surface area contributed by atoms with Gasteiger partial charge in [0.1, 0.15) is 11.5 Å². The molecule has 3 N–H and O–H groups in total. The molecule has 0 saturated heterocycles. The van der Waals surface area contributed by atoms with Crippen molar-refractivity contribution in [1.29, 1.82) is 5.41 Å². The Balaban J connectivity index is 1.16. The minimum atomic E-state index is -0.544. The largest absolute Gasteiger partial charge is 0.457 e. The van der Waals surface area contributed by atoms with E-state index in [-0.39, 0.29) is 6.04 Å². The molecule has 0 radical (unpaired) electrons. The molecule has 1 aliphatic rings. The summed E-state index contributed by atoms with van der Waals surface area (Å²) in [6.45, 7) is 0. The number of nitrogens with two attached hydrogens (primary N) is 1. The third-order valence-corrected chi connectivity index (χ3v) is 9.67. The van der Waals surface area contributed by atoms with Crippen molar-refractivity contribution >= 4 is 5.71 Å². The zero-order valence-electron chi connectivity index (χ0n) is 27.5. The Labute approximate surface area is 293 Å². The highest BCUT2D eigenvalue weighted by Gasteiger charge is 2.45. The molecule has 3 heteroatoms. The lowest BCUT2D eigenvalue weighted by atomic mass is 9.63. The van der Waals surface area contributed by atoms with Crippen LogP contribution in [0.3, 0.4) is 0 Å². The molecule has 0 aromatic heterocycles. The van der Waals surface area contributed by atoms with E-state index in [2.05, 4.69) is 133 Å². The van der Waals surface area contributed by atoms with Gasteiger partial charge in [0.25, 0.3) is 0 Å². The van der Waals surface area contributed by atoms with Crippen LogP contribution in [0.25, 0.3) is 22.3 Å². The lowest BCUT2D eigenvalue weighted by Gasteiger charge is -2.41. The lowest BCUT2D eigenvalue weighted by Crippen LogP contribution is -2.34. The standard InChI is InChI=1S/C47H36N2O/c48-43(33-14-4-1-5-15-33)28-29-44(49)38-19-13-18-36(31-38)34-16-12-17-35(30-34)37-26-27-42-46(32-37)50-45-25-11-10-24-41(45)47(42,39-20-6-2-7-21-39)40-22-8-3-9-23-40/h1-32,43,49H,48H2/b29-28-,49-44?. The third kappa shape index (κ3) is 5.64. The van der Waals surface area contributed by atoms with E-state index in [1.165, 1.54) is 11.1 Å². The molecule has 0 fully saturated rings. The van der Waals surface area contributed by atoms with E-state index in [1.54, 1.807) is 6.08 Å². The Morgan fingerprint density at radius 2 is 1.06 bits per heavy atom. The summed E-state index contributed by atoms with van der Waals surface area (Å²) in [6.07, 6.45) is 3.68. The quantitative estimate of drug-likeness (QED) is 0.162. The number of fused-ring (bicyclic) bond motifs is 2. The van der Waals surface area contributed by atoms with E-state index >= 15 is 0 Å². The molecule has 240 valence electrons. The number of para-hydroxylation sites is 1. The van der Waals surface area contributed by atoms with Crippen LogP contribution in [-0.4, -0.2) is 5.71 Å². The van der Waals surface area contributed by atoms with Crippen LogP contribution >= 0.6 is 0 Å². The van der Waals surface area contributed by atoms with Gasteiger partial charge < -0.3 is 15.9 Å². The minimum absolute atomic E-state index is 0.268. The second-order valence-electron chi connectivity index (χ2n) is 12.7. The summed E-state index contributed by atoms with van der Waals surface area (Å²) in [7, 11) is 0. The molecule has 1 atom stereocenters.